The van der Waals surface area contributed by atoms with Gasteiger partial charge in [-0.05, 0) is 37.5 Å². The van der Waals surface area contributed by atoms with Crippen LogP contribution in [0.15, 0.2) is 18.2 Å². The van der Waals surface area contributed by atoms with E-state index in [2.05, 4.69) is 0 Å². The molecular weight excluding hydrogens is 281 g/mol. The highest BCUT2D eigenvalue weighted by atomic mass is 35.5. The van der Waals surface area contributed by atoms with Crippen molar-refractivity contribution in [2.75, 3.05) is 19.8 Å². The van der Waals surface area contributed by atoms with Gasteiger partial charge < -0.3 is 9.64 Å². The van der Waals surface area contributed by atoms with E-state index < -0.39 is 5.82 Å². The minimum Gasteiger partial charge on any atom is -0.381 e. The van der Waals surface area contributed by atoms with Crippen molar-refractivity contribution < 1.29 is 13.9 Å². The predicted octanol–water partition coefficient (Wildman–Crippen LogP) is 3.12. The highest BCUT2D eigenvalue weighted by molar-refractivity contribution is 6.31. The summed E-state index contributed by atoms with van der Waals surface area (Å²) in [6.07, 6.45) is 2.97. The fourth-order valence-electron chi connectivity index (χ4n) is 2.61. The average Bonchev–Trinajstić information content (AvgIpc) is 3.15. The molecule has 0 aromatic heterocycles. The number of nitrogens with zero attached hydrogens (tertiary/aromatic N) is 1. The summed E-state index contributed by atoms with van der Waals surface area (Å²) in [7, 11) is 0. The first-order chi connectivity index (χ1) is 9.65. The van der Waals surface area contributed by atoms with Crippen molar-refractivity contribution in [1.82, 2.24) is 4.90 Å². The Balaban J connectivity index is 1.79. The number of hydrogen-bond acceptors (Lipinski definition) is 2. The minimum absolute atomic E-state index is 0.0725. The van der Waals surface area contributed by atoms with Gasteiger partial charge >= 0.3 is 0 Å². The summed E-state index contributed by atoms with van der Waals surface area (Å²) in [5, 5.41) is 0.384. The summed E-state index contributed by atoms with van der Waals surface area (Å²) >= 11 is 5.87. The van der Waals surface area contributed by atoms with E-state index in [1.807, 2.05) is 0 Å². The number of carbonyl (C=O) groups is 1. The Bertz CT molecular complexity index is 513. The topological polar surface area (TPSA) is 29.5 Å². The van der Waals surface area contributed by atoms with E-state index in [0.717, 1.165) is 25.9 Å². The highest BCUT2D eigenvalue weighted by Crippen LogP contribution is 2.31. The van der Waals surface area contributed by atoms with Gasteiger partial charge in [-0.15, -0.1) is 0 Å². The fraction of sp³-hybridized carbons (Fsp3) is 0.533. The van der Waals surface area contributed by atoms with Crippen LogP contribution in [0.5, 0.6) is 0 Å². The van der Waals surface area contributed by atoms with Crippen molar-refractivity contribution in [2.24, 2.45) is 5.92 Å². The summed E-state index contributed by atoms with van der Waals surface area (Å²) in [6, 6.07) is 4.38. The van der Waals surface area contributed by atoms with E-state index in [0.29, 0.717) is 24.1 Å². The normalized spacial score (nSPS) is 22.0. The summed E-state index contributed by atoms with van der Waals surface area (Å²) in [5.41, 5.74) is 0.0725. The molecule has 1 saturated heterocycles. The summed E-state index contributed by atoms with van der Waals surface area (Å²) in [5.74, 6) is -0.395. The van der Waals surface area contributed by atoms with Crippen LogP contribution in [-0.2, 0) is 4.74 Å². The Morgan fingerprint density at radius 2 is 2.20 bits per heavy atom. The predicted molar refractivity (Wildman–Crippen MR) is 74.4 cm³/mol. The van der Waals surface area contributed by atoms with Gasteiger partial charge in [0.1, 0.15) is 5.82 Å². The van der Waals surface area contributed by atoms with Crippen molar-refractivity contribution in [2.45, 2.75) is 25.3 Å². The molecule has 0 bridgehead atoms. The quantitative estimate of drug-likeness (QED) is 0.854. The van der Waals surface area contributed by atoms with E-state index in [-0.39, 0.29) is 17.5 Å². The first-order valence-electron chi connectivity index (χ1n) is 6.99. The minimum atomic E-state index is -0.507. The molecule has 1 aliphatic heterocycles. The molecule has 1 amide bonds. The molecule has 2 aliphatic rings. The van der Waals surface area contributed by atoms with Crippen molar-refractivity contribution in [3.05, 3.63) is 34.6 Å². The molecule has 1 saturated carbocycles. The first-order valence-corrected chi connectivity index (χ1v) is 7.36. The molecular formula is C15H17ClFNO2. The zero-order valence-electron chi connectivity index (χ0n) is 11.1. The molecule has 1 aromatic carbocycles. The molecule has 1 atom stereocenters. The van der Waals surface area contributed by atoms with E-state index in [1.165, 1.54) is 18.2 Å². The zero-order valence-corrected chi connectivity index (χ0v) is 11.9. The molecule has 2 fully saturated rings. The average molecular weight is 298 g/mol. The summed E-state index contributed by atoms with van der Waals surface area (Å²) in [6.45, 7) is 2.09. The molecule has 1 aliphatic carbocycles. The molecule has 20 heavy (non-hydrogen) atoms. The molecule has 0 unspecified atom stereocenters. The Hall–Kier alpha value is -1.13. The number of rotatable bonds is 4. The van der Waals surface area contributed by atoms with Gasteiger partial charge in [-0.2, -0.15) is 0 Å². The second-order valence-corrected chi connectivity index (χ2v) is 5.98. The fourth-order valence-corrected chi connectivity index (χ4v) is 2.78. The smallest absolute Gasteiger partial charge is 0.257 e. The Labute approximate surface area is 122 Å². The molecule has 0 spiro atoms. The van der Waals surface area contributed by atoms with Crippen LogP contribution in [0, 0.1) is 11.7 Å². The van der Waals surface area contributed by atoms with E-state index in [4.69, 9.17) is 16.3 Å². The van der Waals surface area contributed by atoms with Crippen LogP contribution >= 0.6 is 11.6 Å². The molecule has 3 rings (SSSR count). The molecule has 108 valence electrons. The van der Waals surface area contributed by atoms with Crippen LogP contribution in [-0.4, -0.2) is 36.6 Å². The lowest BCUT2D eigenvalue weighted by Gasteiger charge is -2.25. The second kappa shape index (κ2) is 5.70. The van der Waals surface area contributed by atoms with Gasteiger partial charge in [0.25, 0.3) is 5.91 Å². The molecule has 3 nitrogen and oxygen atoms in total. The molecule has 5 heteroatoms. The first kappa shape index (κ1) is 13.8. The van der Waals surface area contributed by atoms with E-state index >= 15 is 0 Å². The van der Waals surface area contributed by atoms with Crippen LogP contribution < -0.4 is 0 Å². The zero-order chi connectivity index (χ0) is 14.1. The van der Waals surface area contributed by atoms with E-state index in [9.17, 15) is 9.18 Å². The number of ether oxygens (including phenoxy) is 1. The third-order valence-corrected chi connectivity index (χ3v) is 4.12. The van der Waals surface area contributed by atoms with Crippen LogP contribution in [0.3, 0.4) is 0 Å². The van der Waals surface area contributed by atoms with Crippen molar-refractivity contribution >= 4 is 17.5 Å². The maximum Gasteiger partial charge on any atom is 0.257 e. The lowest BCUT2D eigenvalue weighted by atomic mass is 10.1. The molecule has 0 radical (unpaired) electrons. The monoisotopic (exact) mass is 297 g/mol. The highest BCUT2D eigenvalue weighted by Gasteiger charge is 2.36. The van der Waals surface area contributed by atoms with Gasteiger partial charge in [0.15, 0.2) is 0 Å². The van der Waals surface area contributed by atoms with Gasteiger partial charge in [-0.1, -0.05) is 11.6 Å². The maximum absolute atomic E-state index is 13.8. The van der Waals surface area contributed by atoms with Gasteiger partial charge in [-0.3, -0.25) is 4.79 Å². The third kappa shape index (κ3) is 2.96. The van der Waals surface area contributed by atoms with Crippen LogP contribution in [0.4, 0.5) is 4.39 Å². The van der Waals surface area contributed by atoms with Crippen molar-refractivity contribution in [3.63, 3.8) is 0 Å². The lowest BCUT2D eigenvalue weighted by Crippen LogP contribution is -2.37. The largest absolute Gasteiger partial charge is 0.381 e. The number of carbonyl (C=O) groups excluding carboxylic acids is 1. The third-order valence-electron chi connectivity index (χ3n) is 3.89. The second-order valence-electron chi connectivity index (χ2n) is 5.54. The number of benzene rings is 1. The Morgan fingerprint density at radius 1 is 1.40 bits per heavy atom. The SMILES string of the molecule is O=C(c1cc(Cl)ccc1F)N(C[C@@H]1CCOC1)C1CC1. The standard InChI is InChI=1S/C15H17ClFNO2/c16-11-1-4-14(17)13(7-11)15(19)18(12-2-3-12)8-10-5-6-20-9-10/h1,4,7,10,12H,2-3,5-6,8-9H2/t10-/m0/s1. The Morgan fingerprint density at radius 3 is 2.85 bits per heavy atom. The van der Waals surface area contributed by atoms with Gasteiger partial charge in [0, 0.05) is 30.1 Å². The number of halogens is 2. The van der Waals surface area contributed by atoms with Crippen molar-refractivity contribution in [3.8, 4) is 0 Å². The molecule has 1 aromatic rings. The Kier molecular flexibility index (Phi) is 3.94. The lowest BCUT2D eigenvalue weighted by molar-refractivity contribution is 0.0701. The van der Waals surface area contributed by atoms with E-state index in [1.54, 1.807) is 4.90 Å². The molecule has 1 heterocycles. The molecule has 0 N–H and O–H groups in total. The van der Waals surface area contributed by atoms with Gasteiger partial charge in [0.05, 0.1) is 12.2 Å². The summed E-state index contributed by atoms with van der Waals surface area (Å²) < 4.78 is 19.2. The number of amides is 1. The van der Waals surface area contributed by atoms with Crippen LogP contribution in [0.25, 0.3) is 0 Å². The van der Waals surface area contributed by atoms with Gasteiger partial charge in [0.2, 0.25) is 0 Å². The van der Waals surface area contributed by atoms with Crippen LogP contribution in [0.2, 0.25) is 5.02 Å². The van der Waals surface area contributed by atoms with Gasteiger partial charge in [-0.25, -0.2) is 4.39 Å². The van der Waals surface area contributed by atoms with Crippen molar-refractivity contribution in [1.29, 1.82) is 0 Å². The van der Waals surface area contributed by atoms with Crippen LogP contribution in [0.1, 0.15) is 29.6 Å². The summed E-state index contributed by atoms with van der Waals surface area (Å²) in [4.78, 5) is 14.4. The maximum atomic E-state index is 13.8. The number of hydrogen-bond donors (Lipinski definition) is 0.